The molecule has 0 fully saturated rings. The number of hydrogen-bond acceptors (Lipinski definition) is 2. The van der Waals surface area contributed by atoms with Gasteiger partial charge < -0.3 is 10.2 Å². The van der Waals surface area contributed by atoms with E-state index in [1.54, 1.807) is 12.2 Å². The highest BCUT2D eigenvalue weighted by atomic mass is 16.4. The van der Waals surface area contributed by atoms with Crippen LogP contribution in [0.2, 0.25) is 0 Å². The molecule has 0 atom stereocenters. The Balaban J connectivity index is 2.39. The van der Waals surface area contributed by atoms with E-state index >= 15 is 0 Å². The van der Waals surface area contributed by atoms with Gasteiger partial charge in [0.15, 0.2) is 0 Å². The van der Waals surface area contributed by atoms with Crippen LogP contribution >= 0.6 is 0 Å². The first-order chi connectivity index (χ1) is 9.58. The van der Waals surface area contributed by atoms with E-state index in [1.807, 2.05) is 30.3 Å². The van der Waals surface area contributed by atoms with Crippen LogP contribution in [0.5, 0.6) is 0 Å². The van der Waals surface area contributed by atoms with E-state index in [2.05, 4.69) is 0 Å². The van der Waals surface area contributed by atoms with Crippen molar-refractivity contribution in [2.45, 2.75) is 0 Å². The first kappa shape index (κ1) is 13.5. The van der Waals surface area contributed by atoms with Gasteiger partial charge >= 0.3 is 11.9 Å². The quantitative estimate of drug-likeness (QED) is 0.835. The first-order valence-corrected chi connectivity index (χ1v) is 5.91. The molecule has 0 unspecified atom stereocenters. The lowest BCUT2D eigenvalue weighted by molar-refractivity contribution is 0.0695. The van der Waals surface area contributed by atoms with Gasteiger partial charge in [0.25, 0.3) is 0 Å². The molecule has 2 rings (SSSR count). The summed E-state index contributed by atoms with van der Waals surface area (Å²) in [6.07, 6.45) is 3.44. The summed E-state index contributed by atoms with van der Waals surface area (Å²) in [5, 5.41) is 18.0. The zero-order valence-corrected chi connectivity index (χ0v) is 10.5. The van der Waals surface area contributed by atoms with Gasteiger partial charge in [-0.3, -0.25) is 0 Å². The molecule has 0 bridgehead atoms. The predicted octanol–water partition coefficient (Wildman–Crippen LogP) is 3.25. The van der Waals surface area contributed by atoms with Crippen molar-refractivity contribution in [1.82, 2.24) is 0 Å². The van der Waals surface area contributed by atoms with Gasteiger partial charge in [0.05, 0.1) is 11.1 Å². The molecular formula is C16H12O4. The fourth-order valence-corrected chi connectivity index (χ4v) is 1.77. The molecule has 0 aromatic heterocycles. The summed E-state index contributed by atoms with van der Waals surface area (Å²) in [5.41, 5.74) is 1.33. The average Bonchev–Trinajstić information content (AvgIpc) is 2.45. The second kappa shape index (κ2) is 5.84. The van der Waals surface area contributed by atoms with Crippen molar-refractivity contribution < 1.29 is 19.8 Å². The lowest BCUT2D eigenvalue weighted by Crippen LogP contribution is -2.04. The molecule has 0 aliphatic carbocycles. The van der Waals surface area contributed by atoms with E-state index in [1.165, 1.54) is 12.1 Å². The van der Waals surface area contributed by atoms with Crippen LogP contribution in [-0.4, -0.2) is 22.2 Å². The summed E-state index contributed by atoms with van der Waals surface area (Å²) in [4.78, 5) is 22.0. The van der Waals surface area contributed by atoms with Gasteiger partial charge in [0, 0.05) is 0 Å². The molecule has 2 N–H and O–H groups in total. The minimum atomic E-state index is -1.15. The van der Waals surface area contributed by atoms with Crippen LogP contribution in [0.3, 0.4) is 0 Å². The van der Waals surface area contributed by atoms with Gasteiger partial charge in [-0.1, -0.05) is 48.6 Å². The highest BCUT2D eigenvalue weighted by Crippen LogP contribution is 2.16. The van der Waals surface area contributed by atoms with Crippen LogP contribution < -0.4 is 0 Å². The Hall–Kier alpha value is -2.88. The zero-order chi connectivity index (χ0) is 14.5. The number of aromatic carboxylic acids is 2. The molecule has 0 aliphatic rings. The summed E-state index contributed by atoms with van der Waals surface area (Å²) in [6, 6.07) is 13.5. The number of rotatable bonds is 4. The maximum Gasteiger partial charge on any atom is 0.336 e. The third-order valence-corrected chi connectivity index (χ3v) is 2.79. The van der Waals surface area contributed by atoms with E-state index in [0.717, 1.165) is 11.6 Å². The second-order valence-corrected chi connectivity index (χ2v) is 4.16. The monoisotopic (exact) mass is 268 g/mol. The molecule has 0 heterocycles. The second-order valence-electron chi connectivity index (χ2n) is 4.16. The number of benzene rings is 2. The maximum absolute atomic E-state index is 11.2. The maximum atomic E-state index is 11.2. The first-order valence-electron chi connectivity index (χ1n) is 5.91. The normalized spacial score (nSPS) is 10.6. The molecule has 0 amide bonds. The van der Waals surface area contributed by atoms with Gasteiger partial charge in [-0.25, -0.2) is 9.59 Å². The van der Waals surface area contributed by atoms with Gasteiger partial charge in [0.1, 0.15) is 0 Å². The Morgan fingerprint density at radius 2 is 1.55 bits per heavy atom. The summed E-state index contributed by atoms with van der Waals surface area (Å²) >= 11 is 0. The van der Waals surface area contributed by atoms with E-state index in [-0.39, 0.29) is 11.1 Å². The third-order valence-electron chi connectivity index (χ3n) is 2.79. The van der Waals surface area contributed by atoms with Gasteiger partial charge in [0.2, 0.25) is 0 Å². The van der Waals surface area contributed by atoms with Crippen LogP contribution in [-0.2, 0) is 0 Å². The van der Waals surface area contributed by atoms with Crippen LogP contribution in [0.25, 0.3) is 12.2 Å². The Kier molecular flexibility index (Phi) is 3.96. The summed E-state index contributed by atoms with van der Waals surface area (Å²) in [6.45, 7) is 0. The molecule has 100 valence electrons. The van der Waals surface area contributed by atoms with E-state index in [0.29, 0.717) is 5.56 Å². The molecular weight excluding hydrogens is 256 g/mol. The molecule has 0 radical (unpaired) electrons. The van der Waals surface area contributed by atoms with E-state index in [4.69, 9.17) is 10.2 Å². The van der Waals surface area contributed by atoms with Gasteiger partial charge in [-0.15, -0.1) is 0 Å². The smallest absolute Gasteiger partial charge is 0.336 e. The summed E-state index contributed by atoms with van der Waals surface area (Å²) in [7, 11) is 0. The number of carbonyl (C=O) groups is 2. The molecule has 4 nitrogen and oxygen atoms in total. The topological polar surface area (TPSA) is 74.6 Å². The minimum absolute atomic E-state index is 0.0305. The zero-order valence-electron chi connectivity index (χ0n) is 10.5. The number of carboxylic acids is 2. The van der Waals surface area contributed by atoms with Crippen molar-refractivity contribution in [3.8, 4) is 0 Å². The fraction of sp³-hybridized carbons (Fsp3) is 0. The number of hydrogen-bond donors (Lipinski definition) is 2. The van der Waals surface area contributed by atoms with Crippen molar-refractivity contribution >= 4 is 24.1 Å². The molecule has 0 aliphatic heterocycles. The molecule has 4 heteroatoms. The van der Waals surface area contributed by atoms with Crippen molar-refractivity contribution in [2.75, 3.05) is 0 Å². The van der Waals surface area contributed by atoms with Crippen molar-refractivity contribution in [3.05, 3.63) is 70.8 Å². The highest BCUT2D eigenvalue weighted by Gasteiger charge is 2.12. The molecule has 0 saturated carbocycles. The largest absolute Gasteiger partial charge is 0.478 e. The summed E-state index contributed by atoms with van der Waals surface area (Å²) in [5.74, 6) is -2.30. The summed E-state index contributed by atoms with van der Waals surface area (Å²) < 4.78 is 0. The number of carboxylic acid groups (broad SMARTS) is 2. The van der Waals surface area contributed by atoms with Gasteiger partial charge in [-0.05, 0) is 23.3 Å². The Morgan fingerprint density at radius 1 is 0.850 bits per heavy atom. The van der Waals surface area contributed by atoms with E-state index in [9.17, 15) is 9.59 Å². The van der Waals surface area contributed by atoms with Crippen LogP contribution in [0.1, 0.15) is 31.8 Å². The lowest BCUT2D eigenvalue weighted by atomic mass is 10.0. The molecule has 0 saturated heterocycles. The van der Waals surface area contributed by atoms with Crippen molar-refractivity contribution in [2.24, 2.45) is 0 Å². The van der Waals surface area contributed by atoms with E-state index < -0.39 is 11.9 Å². The van der Waals surface area contributed by atoms with Gasteiger partial charge in [-0.2, -0.15) is 0 Å². The SMILES string of the molecule is O=C(O)c1ccc(C=Cc2ccccc2)c(C(=O)O)c1. The Morgan fingerprint density at radius 3 is 2.15 bits per heavy atom. The highest BCUT2D eigenvalue weighted by molar-refractivity contribution is 5.97. The standard InChI is InChI=1S/C16H12O4/c17-15(18)13-9-8-12(14(10-13)16(19)20)7-6-11-4-2-1-3-5-11/h1-10H,(H,17,18)(H,19,20). The van der Waals surface area contributed by atoms with Crippen LogP contribution in [0.4, 0.5) is 0 Å². The Bertz CT molecular complexity index is 672. The molecule has 2 aromatic rings. The molecule has 0 spiro atoms. The van der Waals surface area contributed by atoms with Crippen molar-refractivity contribution in [3.63, 3.8) is 0 Å². The van der Waals surface area contributed by atoms with Crippen molar-refractivity contribution in [1.29, 1.82) is 0 Å². The predicted molar refractivity (Wildman–Crippen MR) is 75.7 cm³/mol. The fourth-order valence-electron chi connectivity index (χ4n) is 1.77. The average molecular weight is 268 g/mol. The minimum Gasteiger partial charge on any atom is -0.478 e. The third kappa shape index (κ3) is 3.11. The Labute approximate surface area is 115 Å². The van der Waals surface area contributed by atoms with Crippen LogP contribution in [0, 0.1) is 0 Å². The molecule has 20 heavy (non-hydrogen) atoms. The lowest BCUT2D eigenvalue weighted by Gasteiger charge is -2.03. The molecule has 2 aromatic carbocycles. The van der Waals surface area contributed by atoms with Crippen LogP contribution in [0.15, 0.2) is 48.5 Å².